The zero-order valence-electron chi connectivity index (χ0n) is 10.0. The quantitative estimate of drug-likeness (QED) is 0.769. The van der Waals surface area contributed by atoms with Crippen LogP contribution in [0, 0.1) is 0 Å². The Morgan fingerprint density at radius 2 is 2.12 bits per heavy atom. The topological polar surface area (TPSA) is 21.3 Å². The van der Waals surface area contributed by atoms with Crippen LogP contribution in [-0.4, -0.2) is 13.2 Å². The molecular formula is C14H21NO. The molecule has 2 heteroatoms. The second-order valence-electron chi connectivity index (χ2n) is 4.43. The molecule has 1 saturated heterocycles. The van der Waals surface area contributed by atoms with Crippen molar-refractivity contribution in [2.75, 3.05) is 13.2 Å². The Morgan fingerprint density at radius 1 is 1.31 bits per heavy atom. The van der Waals surface area contributed by atoms with Gasteiger partial charge in [-0.05, 0) is 31.4 Å². The summed E-state index contributed by atoms with van der Waals surface area (Å²) in [5.74, 6) is 0. The van der Waals surface area contributed by atoms with Gasteiger partial charge in [-0.15, -0.1) is 0 Å². The van der Waals surface area contributed by atoms with E-state index in [1.165, 1.54) is 18.4 Å². The molecule has 0 amide bonds. The molecule has 1 aliphatic heterocycles. The molecule has 0 aromatic heterocycles. The summed E-state index contributed by atoms with van der Waals surface area (Å²) in [6.07, 6.45) is 4.60. The lowest BCUT2D eigenvalue weighted by Crippen LogP contribution is -2.39. The van der Waals surface area contributed by atoms with Gasteiger partial charge in [-0.1, -0.05) is 43.7 Å². The molecule has 2 nitrogen and oxygen atoms in total. The Balaban J connectivity index is 2.09. The molecule has 88 valence electrons. The highest BCUT2D eigenvalue weighted by Crippen LogP contribution is 2.32. The van der Waals surface area contributed by atoms with Crippen LogP contribution in [-0.2, 0) is 10.5 Å². The number of benzene rings is 1. The highest BCUT2D eigenvalue weighted by molar-refractivity contribution is 5.23. The van der Waals surface area contributed by atoms with Crippen LogP contribution in [0.25, 0.3) is 0 Å². The number of nitrogens with one attached hydrogen (secondary N) is 1. The molecule has 16 heavy (non-hydrogen) atoms. The van der Waals surface area contributed by atoms with Crippen LogP contribution in [0.2, 0.25) is 0 Å². The van der Waals surface area contributed by atoms with Crippen molar-refractivity contribution >= 4 is 0 Å². The minimum atomic E-state index is -0.212. The van der Waals surface area contributed by atoms with Crippen molar-refractivity contribution in [3.63, 3.8) is 0 Å². The first-order valence-corrected chi connectivity index (χ1v) is 6.32. The van der Waals surface area contributed by atoms with Gasteiger partial charge in [-0.3, -0.25) is 5.32 Å². The van der Waals surface area contributed by atoms with E-state index in [0.29, 0.717) is 0 Å². The van der Waals surface area contributed by atoms with Gasteiger partial charge in [0.1, 0.15) is 5.72 Å². The van der Waals surface area contributed by atoms with E-state index in [0.717, 1.165) is 26.0 Å². The molecule has 1 atom stereocenters. The van der Waals surface area contributed by atoms with Gasteiger partial charge in [0.2, 0.25) is 0 Å². The average Bonchev–Trinajstić information content (AvgIpc) is 2.81. The van der Waals surface area contributed by atoms with Crippen molar-refractivity contribution in [3.05, 3.63) is 35.9 Å². The van der Waals surface area contributed by atoms with Gasteiger partial charge in [-0.2, -0.15) is 0 Å². The maximum Gasteiger partial charge on any atom is 0.145 e. The molecule has 1 aliphatic rings. The molecule has 0 aliphatic carbocycles. The largest absolute Gasteiger partial charge is 0.356 e. The van der Waals surface area contributed by atoms with Crippen molar-refractivity contribution in [1.82, 2.24) is 5.32 Å². The number of hydrogen-bond donors (Lipinski definition) is 1. The number of hydrogen-bond acceptors (Lipinski definition) is 2. The third kappa shape index (κ3) is 2.45. The summed E-state index contributed by atoms with van der Waals surface area (Å²) in [5, 5.41) is 3.52. The number of unbranched alkanes of at least 4 members (excludes halogenated alkanes) is 1. The van der Waals surface area contributed by atoms with Crippen LogP contribution in [0.5, 0.6) is 0 Å². The van der Waals surface area contributed by atoms with E-state index in [-0.39, 0.29) is 5.72 Å². The fourth-order valence-electron chi connectivity index (χ4n) is 2.27. The van der Waals surface area contributed by atoms with Crippen LogP contribution in [0.4, 0.5) is 0 Å². The molecule has 1 heterocycles. The first kappa shape index (κ1) is 11.6. The van der Waals surface area contributed by atoms with Gasteiger partial charge in [0, 0.05) is 6.61 Å². The third-order valence-electron chi connectivity index (χ3n) is 3.20. The minimum Gasteiger partial charge on any atom is -0.356 e. The van der Waals surface area contributed by atoms with Crippen LogP contribution >= 0.6 is 0 Å². The van der Waals surface area contributed by atoms with E-state index in [1.54, 1.807) is 0 Å². The zero-order chi connectivity index (χ0) is 11.3. The summed E-state index contributed by atoms with van der Waals surface area (Å²) >= 11 is 0. The van der Waals surface area contributed by atoms with Gasteiger partial charge in [0.25, 0.3) is 0 Å². The first-order chi connectivity index (χ1) is 7.87. The third-order valence-corrected chi connectivity index (χ3v) is 3.20. The summed E-state index contributed by atoms with van der Waals surface area (Å²) in [4.78, 5) is 0. The van der Waals surface area contributed by atoms with E-state index < -0.39 is 0 Å². The summed E-state index contributed by atoms with van der Waals surface area (Å²) < 4.78 is 6.11. The summed E-state index contributed by atoms with van der Waals surface area (Å²) in [5.41, 5.74) is 1.06. The fourth-order valence-corrected chi connectivity index (χ4v) is 2.27. The van der Waals surface area contributed by atoms with Crippen molar-refractivity contribution in [3.8, 4) is 0 Å². The van der Waals surface area contributed by atoms with Gasteiger partial charge in [-0.25, -0.2) is 0 Å². The van der Waals surface area contributed by atoms with Gasteiger partial charge < -0.3 is 4.74 Å². The van der Waals surface area contributed by atoms with E-state index >= 15 is 0 Å². The van der Waals surface area contributed by atoms with E-state index in [2.05, 4.69) is 42.6 Å². The highest BCUT2D eigenvalue weighted by atomic mass is 16.5. The predicted octanol–water partition coefficient (Wildman–Crippen LogP) is 3.04. The molecule has 2 rings (SSSR count). The second kappa shape index (κ2) is 5.46. The van der Waals surface area contributed by atoms with E-state index in [1.807, 2.05) is 0 Å². The Labute approximate surface area is 98.0 Å². The molecule has 1 fully saturated rings. The van der Waals surface area contributed by atoms with Gasteiger partial charge in [0.05, 0.1) is 0 Å². The molecule has 1 aromatic rings. The number of ether oxygens (including phenoxy) is 1. The van der Waals surface area contributed by atoms with Crippen molar-refractivity contribution in [1.29, 1.82) is 0 Å². The van der Waals surface area contributed by atoms with Crippen LogP contribution in [0.1, 0.15) is 38.2 Å². The maximum absolute atomic E-state index is 6.11. The monoisotopic (exact) mass is 219 g/mol. The van der Waals surface area contributed by atoms with Crippen molar-refractivity contribution in [2.24, 2.45) is 0 Å². The summed E-state index contributed by atoms with van der Waals surface area (Å²) in [6, 6.07) is 10.5. The number of rotatable bonds is 5. The van der Waals surface area contributed by atoms with E-state index in [9.17, 15) is 0 Å². The summed E-state index contributed by atoms with van der Waals surface area (Å²) in [7, 11) is 0. The molecule has 1 unspecified atom stereocenters. The lowest BCUT2D eigenvalue weighted by Gasteiger charge is -2.30. The molecule has 1 aromatic carbocycles. The van der Waals surface area contributed by atoms with Crippen molar-refractivity contribution in [2.45, 2.75) is 38.3 Å². The van der Waals surface area contributed by atoms with Gasteiger partial charge in [0.15, 0.2) is 0 Å². The van der Waals surface area contributed by atoms with Crippen LogP contribution in [0.3, 0.4) is 0 Å². The first-order valence-electron chi connectivity index (χ1n) is 6.32. The zero-order valence-corrected chi connectivity index (χ0v) is 10.0. The standard InChI is InChI=1S/C14H21NO/c1-2-3-12-16-14(10-7-11-15-14)13-8-5-4-6-9-13/h4-6,8-9,15H,2-3,7,10-12H2,1H3. The lowest BCUT2D eigenvalue weighted by molar-refractivity contribution is -0.0643. The normalized spacial score (nSPS) is 24.8. The summed E-state index contributed by atoms with van der Waals surface area (Å²) in [6.45, 7) is 4.10. The maximum atomic E-state index is 6.11. The predicted molar refractivity (Wildman–Crippen MR) is 66.2 cm³/mol. The lowest BCUT2D eigenvalue weighted by atomic mass is 10.0. The fraction of sp³-hybridized carbons (Fsp3) is 0.571. The molecule has 0 bridgehead atoms. The van der Waals surface area contributed by atoms with Crippen LogP contribution < -0.4 is 5.32 Å². The molecular weight excluding hydrogens is 198 g/mol. The Hall–Kier alpha value is -0.860. The SMILES string of the molecule is CCCCOC1(c2ccccc2)CCCN1. The molecule has 0 saturated carbocycles. The van der Waals surface area contributed by atoms with Gasteiger partial charge >= 0.3 is 0 Å². The highest BCUT2D eigenvalue weighted by Gasteiger charge is 2.35. The van der Waals surface area contributed by atoms with E-state index in [4.69, 9.17) is 4.74 Å². The van der Waals surface area contributed by atoms with Crippen LogP contribution in [0.15, 0.2) is 30.3 Å². The molecule has 0 spiro atoms. The Kier molecular flexibility index (Phi) is 3.97. The Morgan fingerprint density at radius 3 is 2.75 bits per heavy atom. The molecule has 1 N–H and O–H groups in total. The second-order valence-corrected chi connectivity index (χ2v) is 4.43. The Bertz CT molecular complexity index is 304. The average molecular weight is 219 g/mol. The molecule has 0 radical (unpaired) electrons. The van der Waals surface area contributed by atoms with Crippen molar-refractivity contribution < 1.29 is 4.74 Å². The minimum absolute atomic E-state index is 0.212. The smallest absolute Gasteiger partial charge is 0.145 e.